The lowest BCUT2D eigenvalue weighted by Crippen LogP contribution is -2.12. The van der Waals surface area contributed by atoms with Gasteiger partial charge in [-0.15, -0.1) is 0 Å². The zero-order valence-electron chi connectivity index (χ0n) is 14.1. The van der Waals surface area contributed by atoms with Crippen LogP contribution in [0.2, 0.25) is 15.1 Å². The molecular formula is C19H12Cl3N5O. The maximum Gasteiger partial charge on any atom is 0.256 e. The molecule has 0 saturated heterocycles. The van der Waals surface area contributed by atoms with Gasteiger partial charge in [-0.05, 0) is 42.5 Å². The van der Waals surface area contributed by atoms with Crippen molar-refractivity contribution in [2.45, 2.75) is 0 Å². The Morgan fingerprint density at radius 2 is 1.79 bits per heavy atom. The second kappa shape index (κ2) is 7.67. The van der Waals surface area contributed by atoms with E-state index in [4.69, 9.17) is 34.8 Å². The second-order valence-electron chi connectivity index (χ2n) is 5.85. The molecule has 2 aromatic carbocycles. The molecule has 3 N–H and O–H groups in total. The third-order valence-corrected chi connectivity index (χ3v) is 4.77. The third-order valence-electron chi connectivity index (χ3n) is 3.92. The standard InChI is InChI=1S/C19H12Cl3N5O/c20-11-5-7-16(23-9-11)26-18(28)10-4-6-14-15(8-10)25-19(24-14)27-17-12(21)2-1-3-13(17)22/h1-9H,(H,23,26,28)(H2,24,25,27). The summed E-state index contributed by atoms with van der Waals surface area (Å²) in [5.74, 6) is 0.567. The summed E-state index contributed by atoms with van der Waals surface area (Å²) in [6.07, 6.45) is 1.46. The summed E-state index contributed by atoms with van der Waals surface area (Å²) >= 11 is 18.2. The first-order valence-electron chi connectivity index (χ1n) is 8.13. The van der Waals surface area contributed by atoms with Crippen LogP contribution < -0.4 is 10.6 Å². The number of benzene rings is 2. The Bertz CT molecular complexity index is 1150. The molecule has 6 nitrogen and oxygen atoms in total. The van der Waals surface area contributed by atoms with Crippen LogP contribution >= 0.6 is 34.8 Å². The van der Waals surface area contributed by atoms with E-state index >= 15 is 0 Å². The molecule has 4 rings (SSSR count). The molecular weight excluding hydrogens is 421 g/mol. The number of carbonyl (C=O) groups is 1. The van der Waals surface area contributed by atoms with Gasteiger partial charge in [0, 0.05) is 11.8 Å². The Labute approximate surface area is 174 Å². The second-order valence-corrected chi connectivity index (χ2v) is 7.11. The average Bonchev–Trinajstić information content (AvgIpc) is 3.08. The summed E-state index contributed by atoms with van der Waals surface area (Å²) in [7, 11) is 0. The van der Waals surface area contributed by atoms with E-state index in [0.717, 1.165) is 5.52 Å². The van der Waals surface area contributed by atoms with Crippen molar-refractivity contribution < 1.29 is 4.79 Å². The van der Waals surface area contributed by atoms with Gasteiger partial charge in [-0.2, -0.15) is 0 Å². The van der Waals surface area contributed by atoms with Gasteiger partial charge >= 0.3 is 0 Å². The van der Waals surface area contributed by atoms with Gasteiger partial charge in [-0.1, -0.05) is 40.9 Å². The highest BCUT2D eigenvalue weighted by molar-refractivity contribution is 6.39. The Kier molecular flexibility index (Phi) is 5.09. The van der Waals surface area contributed by atoms with Crippen LogP contribution in [0.4, 0.5) is 17.5 Å². The van der Waals surface area contributed by atoms with E-state index in [9.17, 15) is 4.79 Å². The van der Waals surface area contributed by atoms with Crippen molar-refractivity contribution in [3.63, 3.8) is 0 Å². The number of fused-ring (bicyclic) bond motifs is 1. The molecule has 4 aromatic rings. The number of aromatic amines is 1. The quantitative estimate of drug-likeness (QED) is 0.374. The van der Waals surface area contributed by atoms with Gasteiger partial charge in [-0.25, -0.2) is 9.97 Å². The van der Waals surface area contributed by atoms with Gasteiger partial charge in [0.05, 0.1) is 31.8 Å². The van der Waals surface area contributed by atoms with E-state index < -0.39 is 0 Å². The van der Waals surface area contributed by atoms with Crippen molar-refractivity contribution in [3.8, 4) is 0 Å². The number of nitrogens with zero attached hydrogens (tertiary/aromatic N) is 2. The summed E-state index contributed by atoms with van der Waals surface area (Å²) in [5.41, 5.74) is 2.36. The van der Waals surface area contributed by atoms with Gasteiger partial charge in [0.1, 0.15) is 5.82 Å². The lowest BCUT2D eigenvalue weighted by Gasteiger charge is -2.06. The lowest BCUT2D eigenvalue weighted by molar-refractivity contribution is 0.102. The maximum atomic E-state index is 12.5. The van der Waals surface area contributed by atoms with E-state index in [-0.39, 0.29) is 5.91 Å². The smallest absolute Gasteiger partial charge is 0.256 e. The molecule has 0 atom stereocenters. The molecule has 0 aliphatic heterocycles. The molecule has 0 aliphatic rings. The van der Waals surface area contributed by atoms with Crippen molar-refractivity contribution in [1.29, 1.82) is 0 Å². The molecule has 0 bridgehead atoms. The number of nitrogens with one attached hydrogen (secondary N) is 3. The Morgan fingerprint density at radius 3 is 2.50 bits per heavy atom. The fourth-order valence-corrected chi connectivity index (χ4v) is 3.18. The Hall–Kier alpha value is -2.80. The number of amides is 1. The lowest BCUT2D eigenvalue weighted by atomic mass is 10.2. The number of aromatic nitrogens is 3. The number of para-hydroxylation sites is 1. The number of halogens is 3. The number of carbonyl (C=O) groups excluding carboxylic acids is 1. The number of hydrogen-bond acceptors (Lipinski definition) is 4. The highest BCUT2D eigenvalue weighted by atomic mass is 35.5. The van der Waals surface area contributed by atoms with Crippen LogP contribution in [-0.4, -0.2) is 20.9 Å². The number of hydrogen-bond donors (Lipinski definition) is 3. The molecule has 0 aliphatic carbocycles. The molecule has 0 spiro atoms. The average molecular weight is 433 g/mol. The summed E-state index contributed by atoms with van der Waals surface area (Å²) in [6.45, 7) is 0. The molecule has 1 amide bonds. The Balaban J connectivity index is 1.57. The Morgan fingerprint density at radius 1 is 1.00 bits per heavy atom. The van der Waals surface area contributed by atoms with Gasteiger partial charge in [-0.3, -0.25) is 4.79 Å². The molecule has 9 heteroatoms. The topological polar surface area (TPSA) is 82.7 Å². The number of imidazole rings is 1. The number of rotatable bonds is 4. The van der Waals surface area contributed by atoms with Crippen LogP contribution in [-0.2, 0) is 0 Å². The zero-order valence-corrected chi connectivity index (χ0v) is 16.4. The minimum absolute atomic E-state index is 0.302. The van der Waals surface area contributed by atoms with Crippen molar-refractivity contribution >= 4 is 69.2 Å². The van der Waals surface area contributed by atoms with E-state index in [1.807, 2.05) is 0 Å². The molecule has 140 valence electrons. The third kappa shape index (κ3) is 3.89. The first kappa shape index (κ1) is 18.6. The molecule has 2 aromatic heterocycles. The fourth-order valence-electron chi connectivity index (χ4n) is 2.58. The molecule has 0 saturated carbocycles. The van der Waals surface area contributed by atoms with Gasteiger partial charge in [0.2, 0.25) is 5.95 Å². The highest BCUT2D eigenvalue weighted by Gasteiger charge is 2.12. The highest BCUT2D eigenvalue weighted by Crippen LogP contribution is 2.32. The maximum absolute atomic E-state index is 12.5. The predicted octanol–water partition coefficient (Wildman–Crippen LogP) is 5.91. The van der Waals surface area contributed by atoms with E-state index in [1.54, 1.807) is 48.5 Å². The molecule has 0 fully saturated rings. The van der Waals surface area contributed by atoms with Crippen LogP contribution in [0.15, 0.2) is 54.7 Å². The molecule has 28 heavy (non-hydrogen) atoms. The number of pyridine rings is 1. The van der Waals surface area contributed by atoms with Gasteiger partial charge in [0.15, 0.2) is 0 Å². The largest absolute Gasteiger partial charge is 0.324 e. The van der Waals surface area contributed by atoms with Crippen molar-refractivity contribution in [2.24, 2.45) is 0 Å². The van der Waals surface area contributed by atoms with E-state index in [2.05, 4.69) is 25.6 Å². The van der Waals surface area contributed by atoms with Crippen LogP contribution in [0.1, 0.15) is 10.4 Å². The van der Waals surface area contributed by atoms with E-state index in [0.29, 0.717) is 43.6 Å². The predicted molar refractivity (Wildman–Crippen MR) is 113 cm³/mol. The minimum atomic E-state index is -0.302. The van der Waals surface area contributed by atoms with Gasteiger partial charge < -0.3 is 15.6 Å². The molecule has 0 radical (unpaired) electrons. The summed E-state index contributed by atoms with van der Waals surface area (Å²) in [5, 5.41) is 7.23. The van der Waals surface area contributed by atoms with Crippen LogP contribution in [0, 0.1) is 0 Å². The monoisotopic (exact) mass is 431 g/mol. The van der Waals surface area contributed by atoms with Crippen molar-refractivity contribution in [2.75, 3.05) is 10.6 Å². The molecule has 2 heterocycles. The summed E-state index contributed by atoms with van der Waals surface area (Å²) < 4.78 is 0. The van der Waals surface area contributed by atoms with E-state index in [1.165, 1.54) is 6.20 Å². The first-order valence-corrected chi connectivity index (χ1v) is 9.27. The van der Waals surface area contributed by atoms with Crippen molar-refractivity contribution in [3.05, 3.63) is 75.4 Å². The summed E-state index contributed by atoms with van der Waals surface area (Å²) in [6, 6.07) is 13.6. The zero-order chi connectivity index (χ0) is 19.7. The SMILES string of the molecule is O=C(Nc1ccc(Cl)cn1)c1ccc2[nH]c(Nc3c(Cl)cccc3Cl)nc2c1. The van der Waals surface area contributed by atoms with Gasteiger partial charge in [0.25, 0.3) is 5.91 Å². The number of anilines is 3. The number of H-pyrrole nitrogens is 1. The fraction of sp³-hybridized carbons (Fsp3) is 0. The van der Waals surface area contributed by atoms with Crippen LogP contribution in [0.5, 0.6) is 0 Å². The molecule has 0 unspecified atom stereocenters. The first-order chi connectivity index (χ1) is 13.5. The van der Waals surface area contributed by atoms with Crippen LogP contribution in [0.3, 0.4) is 0 Å². The summed E-state index contributed by atoms with van der Waals surface area (Å²) in [4.78, 5) is 24.1. The minimum Gasteiger partial charge on any atom is -0.324 e. The normalized spacial score (nSPS) is 10.8. The van der Waals surface area contributed by atoms with Crippen LogP contribution in [0.25, 0.3) is 11.0 Å². The van der Waals surface area contributed by atoms with Crippen molar-refractivity contribution in [1.82, 2.24) is 15.0 Å².